The highest BCUT2D eigenvalue weighted by atomic mass is 16.5. The molecular formula is C7H13O3. The lowest BCUT2D eigenvalue weighted by atomic mass is 10.2. The van der Waals surface area contributed by atoms with Crippen LogP contribution in [-0.2, 0) is 14.3 Å². The third-order valence-electron chi connectivity index (χ3n) is 1.32. The molecule has 0 aliphatic carbocycles. The number of methoxy groups -OCH3 is 1. The zero-order valence-corrected chi connectivity index (χ0v) is 6.42. The van der Waals surface area contributed by atoms with Crippen molar-refractivity contribution in [2.75, 3.05) is 13.7 Å². The molecule has 0 bridgehead atoms. The maximum atomic E-state index is 9.54. The first-order valence-corrected chi connectivity index (χ1v) is 3.33. The summed E-state index contributed by atoms with van der Waals surface area (Å²) in [5, 5.41) is 0. The van der Waals surface area contributed by atoms with Gasteiger partial charge in [0.25, 0.3) is 0 Å². The van der Waals surface area contributed by atoms with Gasteiger partial charge < -0.3 is 9.47 Å². The average molecular weight is 145 g/mol. The van der Waals surface area contributed by atoms with Gasteiger partial charge in [-0.05, 0) is 19.8 Å². The Morgan fingerprint density at radius 1 is 1.60 bits per heavy atom. The molecule has 1 unspecified atom stereocenters. The molecule has 1 atom stereocenters. The number of hydrogen-bond acceptors (Lipinski definition) is 3. The van der Waals surface area contributed by atoms with Gasteiger partial charge in [0.2, 0.25) is 0 Å². The summed E-state index contributed by atoms with van der Waals surface area (Å²) in [6.45, 7) is 3.79. The van der Waals surface area contributed by atoms with E-state index in [9.17, 15) is 4.79 Å². The third kappa shape index (κ3) is 5.56. The number of hydrogen-bond donors (Lipinski definition) is 0. The molecule has 0 aromatic heterocycles. The van der Waals surface area contributed by atoms with Crippen LogP contribution in [0.2, 0.25) is 0 Å². The number of carbonyl (C=O) groups excluding carboxylic acids is 1. The van der Waals surface area contributed by atoms with Crippen LogP contribution in [0.15, 0.2) is 0 Å². The molecule has 0 heterocycles. The average Bonchev–Trinajstić information content (AvgIpc) is 1.98. The molecule has 59 valence electrons. The summed E-state index contributed by atoms with van der Waals surface area (Å²) < 4.78 is 9.34. The van der Waals surface area contributed by atoms with E-state index < -0.39 is 0 Å². The minimum atomic E-state index is 0.246. The molecule has 3 heteroatoms. The molecule has 0 N–H and O–H groups in total. The van der Waals surface area contributed by atoms with Crippen LogP contribution in [0, 0.1) is 0 Å². The van der Waals surface area contributed by atoms with Crippen molar-refractivity contribution < 1.29 is 14.3 Å². The zero-order valence-electron chi connectivity index (χ0n) is 6.42. The highest BCUT2D eigenvalue weighted by molar-refractivity contribution is 5.37. The van der Waals surface area contributed by atoms with E-state index in [1.54, 1.807) is 7.11 Å². The van der Waals surface area contributed by atoms with Gasteiger partial charge in [-0.15, -0.1) is 0 Å². The molecule has 0 rings (SSSR count). The van der Waals surface area contributed by atoms with Crippen molar-refractivity contribution in [3.63, 3.8) is 0 Å². The smallest absolute Gasteiger partial charge is 0.417 e. The van der Waals surface area contributed by atoms with Gasteiger partial charge in [0.1, 0.15) is 0 Å². The third-order valence-corrected chi connectivity index (χ3v) is 1.32. The molecule has 0 aromatic rings. The van der Waals surface area contributed by atoms with Crippen LogP contribution >= 0.6 is 0 Å². The fraction of sp³-hybridized carbons (Fsp3) is 0.857. The van der Waals surface area contributed by atoms with E-state index in [0.29, 0.717) is 6.61 Å². The molecule has 0 saturated carbocycles. The highest BCUT2D eigenvalue weighted by Gasteiger charge is 1.97. The molecule has 0 saturated heterocycles. The zero-order chi connectivity index (χ0) is 7.82. The van der Waals surface area contributed by atoms with Gasteiger partial charge >= 0.3 is 6.47 Å². The minimum Gasteiger partial charge on any atom is -0.457 e. The van der Waals surface area contributed by atoms with E-state index in [0.717, 1.165) is 12.8 Å². The van der Waals surface area contributed by atoms with Gasteiger partial charge in [-0.1, -0.05) is 0 Å². The van der Waals surface area contributed by atoms with Crippen molar-refractivity contribution in [2.24, 2.45) is 0 Å². The van der Waals surface area contributed by atoms with Crippen LogP contribution in [0.3, 0.4) is 0 Å². The lowest BCUT2D eigenvalue weighted by molar-refractivity contribution is 0.103. The second-order valence-corrected chi connectivity index (χ2v) is 2.12. The summed E-state index contributed by atoms with van der Waals surface area (Å²) in [6.07, 6.45) is 2.00. The van der Waals surface area contributed by atoms with Gasteiger partial charge in [-0.2, -0.15) is 0 Å². The second-order valence-electron chi connectivity index (χ2n) is 2.12. The van der Waals surface area contributed by atoms with Crippen LogP contribution in [0.5, 0.6) is 0 Å². The maximum Gasteiger partial charge on any atom is 0.417 e. The minimum absolute atomic E-state index is 0.246. The SMILES string of the molecule is COC(C)CCCO[C]=O. The largest absolute Gasteiger partial charge is 0.457 e. The van der Waals surface area contributed by atoms with E-state index in [-0.39, 0.29) is 6.10 Å². The Bertz CT molecular complexity index is 82.9. The lowest BCUT2D eigenvalue weighted by Crippen LogP contribution is -2.05. The van der Waals surface area contributed by atoms with Gasteiger partial charge in [0.05, 0.1) is 12.7 Å². The summed E-state index contributed by atoms with van der Waals surface area (Å²) in [5.74, 6) is 0. The van der Waals surface area contributed by atoms with Crippen molar-refractivity contribution in [3.05, 3.63) is 0 Å². The Hall–Kier alpha value is -0.570. The Morgan fingerprint density at radius 2 is 2.30 bits per heavy atom. The van der Waals surface area contributed by atoms with E-state index in [4.69, 9.17) is 4.74 Å². The molecule has 0 spiro atoms. The summed E-state index contributed by atoms with van der Waals surface area (Å²) >= 11 is 0. The number of ether oxygens (including phenoxy) is 2. The van der Waals surface area contributed by atoms with E-state index in [1.807, 2.05) is 6.92 Å². The Morgan fingerprint density at radius 3 is 2.80 bits per heavy atom. The normalized spacial score (nSPS) is 12.6. The lowest BCUT2D eigenvalue weighted by Gasteiger charge is -2.06. The molecule has 0 aliphatic rings. The van der Waals surface area contributed by atoms with Crippen LogP contribution < -0.4 is 0 Å². The summed E-state index contributed by atoms with van der Waals surface area (Å²) in [6, 6.07) is 0. The van der Waals surface area contributed by atoms with Crippen LogP contribution in [0.1, 0.15) is 19.8 Å². The topological polar surface area (TPSA) is 35.5 Å². The summed E-state index contributed by atoms with van der Waals surface area (Å²) in [7, 11) is 1.66. The first-order valence-electron chi connectivity index (χ1n) is 3.33. The Balaban J connectivity index is 2.95. The van der Waals surface area contributed by atoms with E-state index in [1.165, 1.54) is 6.47 Å². The second kappa shape index (κ2) is 6.55. The van der Waals surface area contributed by atoms with Crippen LogP contribution in [0.25, 0.3) is 0 Å². The standard InChI is InChI=1S/C7H13O3/c1-7(9-2)4-3-5-10-6-8/h7H,3-5H2,1-2H3. The monoisotopic (exact) mass is 145 g/mol. The molecule has 0 amide bonds. The molecule has 10 heavy (non-hydrogen) atoms. The predicted molar refractivity (Wildman–Crippen MR) is 37.4 cm³/mol. The maximum absolute atomic E-state index is 9.54. The van der Waals surface area contributed by atoms with Gasteiger partial charge in [0, 0.05) is 7.11 Å². The summed E-state index contributed by atoms with van der Waals surface area (Å²) in [5.41, 5.74) is 0. The van der Waals surface area contributed by atoms with Crippen LogP contribution in [-0.4, -0.2) is 26.3 Å². The summed E-state index contributed by atoms with van der Waals surface area (Å²) in [4.78, 5) is 9.54. The predicted octanol–water partition coefficient (Wildman–Crippen LogP) is 0.885. The van der Waals surface area contributed by atoms with Gasteiger partial charge in [-0.3, -0.25) is 0 Å². The van der Waals surface area contributed by atoms with Gasteiger partial charge in [0.15, 0.2) is 0 Å². The molecule has 1 radical (unpaired) electrons. The molecule has 0 fully saturated rings. The highest BCUT2D eigenvalue weighted by Crippen LogP contribution is 1.98. The van der Waals surface area contributed by atoms with Crippen molar-refractivity contribution >= 4 is 6.47 Å². The quantitative estimate of drug-likeness (QED) is 0.520. The van der Waals surface area contributed by atoms with E-state index in [2.05, 4.69) is 4.74 Å². The Labute approximate surface area is 61.3 Å². The van der Waals surface area contributed by atoms with Gasteiger partial charge in [-0.25, -0.2) is 4.79 Å². The van der Waals surface area contributed by atoms with E-state index >= 15 is 0 Å². The molecule has 0 aliphatic heterocycles. The van der Waals surface area contributed by atoms with Crippen molar-refractivity contribution in [1.82, 2.24) is 0 Å². The van der Waals surface area contributed by atoms with Crippen molar-refractivity contribution in [2.45, 2.75) is 25.9 Å². The fourth-order valence-electron chi connectivity index (χ4n) is 0.602. The number of rotatable bonds is 6. The Kier molecular flexibility index (Phi) is 6.18. The van der Waals surface area contributed by atoms with Crippen LogP contribution in [0.4, 0.5) is 0 Å². The first-order chi connectivity index (χ1) is 4.81. The first kappa shape index (κ1) is 9.43. The molecule has 0 aromatic carbocycles. The molecular weight excluding hydrogens is 132 g/mol. The van der Waals surface area contributed by atoms with Crippen molar-refractivity contribution in [1.29, 1.82) is 0 Å². The van der Waals surface area contributed by atoms with Crippen molar-refractivity contribution in [3.8, 4) is 0 Å². The molecule has 3 nitrogen and oxygen atoms in total. The fourth-order valence-corrected chi connectivity index (χ4v) is 0.602.